The fraction of sp³-hybridized carbons (Fsp3) is 0.400. The molecule has 26 heavy (non-hydrogen) atoms. The molecule has 0 saturated carbocycles. The molecule has 0 spiro atoms. The third-order valence-electron chi connectivity index (χ3n) is 5.19. The van der Waals surface area contributed by atoms with Gasteiger partial charge in [-0.1, -0.05) is 18.2 Å². The molecule has 0 saturated heterocycles. The van der Waals surface area contributed by atoms with Crippen LogP contribution >= 0.6 is 0 Å². The lowest BCUT2D eigenvalue weighted by atomic mass is 10.1. The van der Waals surface area contributed by atoms with Crippen LogP contribution in [0.25, 0.3) is 10.9 Å². The zero-order valence-electron chi connectivity index (χ0n) is 15.3. The third kappa shape index (κ3) is 3.01. The summed E-state index contributed by atoms with van der Waals surface area (Å²) in [5, 5.41) is 5.43. The molecule has 2 aromatic heterocycles. The smallest absolute Gasteiger partial charge is 0.275 e. The molecule has 4 rings (SSSR count). The summed E-state index contributed by atoms with van der Waals surface area (Å²) in [5.41, 5.74) is 2.68. The van der Waals surface area contributed by atoms with Crippen LogP contribution in [0, 0.1) is 5.92 Å². The SMILES string of the molecule is COCC[C@@H]1CN(C(=O)c2nn(C)c3ccccc23)Cc2cccn2C1. The second-order valence-corrected chi connectivity index (χ2v) is 6.97. The van der Waals surface area contributed by atoms with Crippen molar-refractivity contribution in [1.29, 1.82) is 0 Å². The molecule has 3 aromatic rings. The Labute approximate surface area is 153 Å². The summed E-state index contributed by atoms with van der Waals surface area (Å²) in [5.74, 6) is 0.362. The Balaban J connectivity index is 1.67. The summed E-state index contributed by atoms with van der Waals surface area (Å²) in [4.78, 5) is 15.3. The van der Waals surface area contributed by atoms with E-state index in [-0.39, 0.29) is 5.91 Å². The van der Waals surface area contributed by atoms with Crippen LogP contribution < -0.4 is 0 Å². The second-order valence-electron chi connectivity index (χ2n) is 6.97. The van der Waals surface area contributed by atoms with Crippen molar-refractivity contribution in [3.8, 4) is 0 Å². The van der Waals surface area contributed by atoms with Crippen LogP contribution in [-0.2, 0) is 24.9 Å². The van der Waals surface area contributed by atoms with Gasteiger partial charge in [0.1, 0.15) is 0 Å². The molecule has 0 unspecified atom stereocenters. The molecule has 0 bridgehead atoms. The minimum absolute atomic E-state index is 0.00105. The number of hydrogen-bond donors (Lipinski definition) is 0. The zero-order chi connectivity index (χ0) is 18.1. The standard InChI is InChI=1S/C20H24N4O2/c1-22-18-8-4-3-7-17(18)19(21-22)20(25)24-13-15(9-11-26-2)12-23-10-5-6-16(23)14-24/h3-8,10,15H,9,11-14H2,1-2H3/t15-/m0/s1. The second kappa shape index (κ2) is 6.96. The molecule has 136 valence electrons. The van der Waals surface area contributed by atoms with Gasteiger partial charge < -0.3 is 14.2 Å². The first-order chi connectivity index (χ1) is 12.7. The topological polar surface area (TPSA) is 52.3 Å². The fourth-order valence-corrected chi connectivity index (χ4v) is 3.82. The van der Waals surface area contributed by atoms with Gasteiger partial charge in [-0.3, -0.25) is 9.48 Å². The van der Waals surface area contributed by atoms with Crippen molar-refractivity contribution in [2.45, 2.75) is 19.5 Å². The first-order valence-electron chi connectivity index (χ1n) is 9.01. The Morgan fingerprint density at radius 3 is 2.92 bits per heavy atom. The molecule has 1 amide bonds. The number of aryl methyl sites for hydroxylation is 1. The van der Waals surface area contributed by atoms with Gasteiger partial charge in [-0.25, -0.2) is 0 Å². The largest absolute Gasteiger partial charge is 0.385 e. The molecule has 0 aliphatic carbocycles. The first-order valence-corrected chi connectivity index (χ1v) is 9.01. The predicted molar refractivity (Wildman–Crippen MR) is 99.9 cm³/mol. The fourth-order valence-electron chi connectivity index (χ4n) is 3.82. The lowest BCUT2D eigenvalue weighted by Crippen LogP contribution is -2.34. The minimum Gasteiger partial charge on any atom is -0.385 e. The van der Waals surface area contributed by atoms with Crippen LogP contribution in [0.4, 0.5) is 0 Å². The number of hydrogen-bond acceptors (Lipinski definition) is 3. The van der Waals surface area contributed by atoms with Crippen molar-refractivity contribution in [3.63, 3.8) is 0 Å². The van der Waals surface area contributed by atoms with E-state index in [1.807, 2.05) is 42.3 Å². The van der Waals surface area contributed by atoms with Gasteiger partial charge in [0.15, 0.2) is 5.69 Å². The molecule has 0 N–H and O–H groups in total. The summed E-state index contributed by atoms with van der Waals surface area (Å²) >= 11 is 0. The quantitative estimate of drug-likeness (QED) is 0.725. The minimum atomic E-state index is -0.00105. The Morgan fingerprint density at radius 2 is 2.08 bits per heavy atom. The number of para-hydroxylation sites is 1. The number of benzene rings is 1. The van der Waals surface area contributed by atoms with Gasteiger partial charge >= 0.3 is 0 Å². The number of aromatic nitrogens is 3. The van der Waals surface area contributed by atoms with Crippen LogP contribution in [0.1, 0.15) is 22.6 Å². The lowest BCUT2D eigenvalue weighted by molar-refractivity contribution is 0.0700. The molecule has 1 aliphatic heterocycles. The number of fused-ring (bicyclic) bond motifs is 2. The molecule has 6 nitrogen and oxygen atoms in total. The van der Waals surface area contributed by atoms with Gasteiger partial charge in [-0.2, -0.15) is 5.10 Å². The van der Waals surface area contributed by atoms with Crippen molar-refractivity contribution in [2.75, 3.05) is 20.3 Å². The van der Waals surface area contributed by atoms with Gasteiger partial charge in [0.25, 0.3) is 5.91 Å². The van der Waals surface area contributed by atoms with Gasteiger partial charge in [-0.15, -0.1) is 0 Å². The maximum atomic E-state index is 13.3. The number of ether oxygens (including phenoxy) is 1. The van der Waals surface area contributed by atoms with Crippen molar-refractivity contribution in [3.05, 3.63) is 54.0 Å². The van der Waals surface area contributed by atoms with E-state index in [2.05, 4.69) is 21.9 Å². The normalized spacial score (nSPS) is 17.3. The molecule has 1 aliphatic rings. The van der Waals surface area contributed by atoms with Crippen molar-refractivity contribution >= 4 is 16.8 Å². The van der Waals surface area contributed by atoms with Crippen LogP contribution in [-0.4, -0.2) is 45.4 Å². The molecule has 0 radical (unpaired) electrons. The Morgan fingerprint density at radius 1 is 1.23 bits per heavy atom. The van der Waals surface area contributed by atoms with E-state index in [9.17, 15) is 4.79 Å². The lowest BCUT2D eigenvalue weighted by Gasteiger charge is -2.23. The zero-order valence-corrected chi connectivity index (χ0v) is 15.3. The molecule has 1 aromatic carbocycles. The number of methoxy groups -OCH3 is 1. The highest BCUT2D eigenvalue weighted by molar-refractivity contribution is 6.04. The monoisotopic (exact) mass is 352 g/mol. The molecule has 3 heterocycles. The number of nitrogens with zero attached hydrogens (tertiary/aromatic N) is 4. The number of carbonyl (C=O) groups is 1. The maximum Gasteiger partial charge on any atom is 0.275 e. The van der Waals surface area contributed by atoms with E-state index in [1.165, 1.54) is 5.69 Å². The van der Waals surface area contributed by atoms with Crippen molar-refractivity contribution in [1.82, 2.24) is 19.2 Å². The van der Waals surface area contributed by atoms with Crippen molar-refractivity contribution < 1.29 is 9.53 Å². The summed E-state index contributed by atoms with van der Waals surface area (Å²) < 4.78 is 9.31. The summed E-state index contributed by atoms with van der Waals surface area (Å²) in [7, 11) is 3.61. The Bertz CT molecular complexity index is 927. The highest BCUT2D eigenvalue weighted by Crippen LogP contribution is 2.24. The highest BCUT2D eigenvalue weighted by atomic mass is 16.5. The molecular weight excluding hydrogens is 328 g/mol. The number of carbonyl (C=O) groups excluding carboxylic acids is 1. The van der Waals surface area contributed by atoms with E-state index < -0.39 is 0 Å². The van der Waals surface area contributed by atoms with Crippen LogP contribution in [0.2, 0.25) is 0 Å². The number of rotatable bonds is 4. The van der Waals surface area contributed by atoms with E-state index >= 15 is 0 Å². The third-order valence-corrected chi connectivity index (χ3v) is 5.19. The van der Waals surface area contributed by atoms with Crippen molar-refractivity contribution in [2.24, 2.45) is 13.0 Å². The van der Waals surface area contributed by atoms with Crippen LogP contribution in [0.5, 0.6) is 0 Å². The molecule has 1 atom stereocenters. The van der Waals surface area contributed by atoms with Gasteiger partial charge in [-0.05, 0) is 30.5 Å². The molecule has 0 fully saturated rings. The molecule has 6 heteroatoms. The molecular formula is C20H24N4O2. The highest BCUT2D eigenvalue weighted by Gasteiger charge is 2.28. The van der Waals surface area contributed by atoms with E-state index in [0.29, 0.717) is 24.8 Å². The van der Waals surface area contributed by atoms with Gasteiger partial charge in [0.2, 0.25) is 0 Å². The maximum absolute atomic E-state index is 13.3. The average molecular weight is 352 g/mol. The van der Waals surface area contributed by atoms with Gasteiger partial charge in [0, 0.05) is 51.1 Å². The summed E-state index contributed by atoms with van der Waals surface area (Å²) in [6, 6.07) is 12.0. The Kier molecular flexibility index (Phi) is 4.51. The van der Waals surface area contributed by atoms with Crippen LogP contribution in [0.15, 0.2) is 42.6 Å². The van der Waals surface area contributed by atoms with Crippen LogP contribution in [0.3, 0.4) is 0 Å². The predicted octanol–water partition coefficient (Wildman–Crippen LogP) is 2.68. The number of amides is 1. The van der Waals surface area contributed by atoms with Gasteiger partial charge in [0.05, 0.1) is 12.1 Å². The summed E-state index contributed by atoms with van der Waals surface area (Å²) in [6.07, 6.45) is 3.03. The van der Waals surface area contributed by atoms with E-state index in [1.54, 1.807) is 11.8 Å². The summed E-state index contributed by atoms with van der Waals surface area (Å²) in [6.45, 7) is 2.95. The van der Waals surface area contributed by atoms with E-state index in [0.717, 1.165) is 30.4 Å². The average Bonchev–Trinajstić information content (AvgIpc) is 3.18. The van der Waals surface area contributed by atoms with E-state index in [4.69, 9.17) is 4.74 Å². The first kappa shape index (κ1) is 16.8. The Hall–Kier alpha value is -2.60.